The van der Waals surface area contributed by atoms with Gasteiger partial charge in [0.2, 0.25) is 0 Å². The first-order valence-corrected chi connectivity index (χ1v) is 8.66. The van der Waals surface area contributed by atoms with Crippen molar-refractivity contribution in [3.05, 3.63) is 70.8 Å². The zero-order valence-corrected chi connectivity index (χ0v) is 14.6. The van der Waals surface area contributed by atoms with E-state index in [0.29, 0.717) is 22.3 Å². The number of hydrogen-bond acceptors (Lipinski definition) is 5. The number of carbonyl (C=O) groups excluding carboxylic acids is 4. The van der Waals surface area contributed by atoms with Crippen LogP contribution in [0.1, 0.15) is 48.4 Å². The van der Waals surface area contributed by atoms with Crippen molar-refractivity contribution in [1.82, 2.24) is 15.1 Å². The number of rotatable bonds is 5. The third kappa shape index (κ3) is 2.63. The fourth-order valence-corrected chi connectivity index (χ4v) is 3.48. The Labute approximate surface area is 155 Å². The number of hydrogen-bond donors (Lipinski definition) is 1. The Kier molecular flexibility index (Phi) is 4.08. The van der Waals surface area contributed by atoms with Crippen molar-refractivity contribution >= 4 is 23.6 Å². The van der Waals surface area contributed by atoms with Gasteiger partial charge in [-0.15, -0.1) is 0 Å². The number of imide groups is 2. The van der Waals surface area contributed by atoms with E-state index in [4.69, 9.17) is 0 Å². The summed E-state index contributed by atoms with van der Waals surface area (Å²) in [5, 5.41) is 3.05. The van der Waals surface area contributed by atoms with Gasteiger partial charge < -0.3 is 0 Å². The highest BCUT2D eigenvalue weighted by molar-refractivity contribution is 6.22. The number of nitrogens with zero attached hydrogens (tertiary/aromatic N) is 2. The Bertz CT molecular complexity index is 915. The molecule has 2 aromatic rings. The number of fused-ring (bicyclic) bond motifs is 2. The first-order chi connectivity index (χ1) is 13.0. The van der Waals surface area contributed by atoms with E-state index >= 15 is 0 Å². The summed E-state index contributed by atoms with van der Waals surface area (Å²) in [4.78, 5) is 52.0. The monoisotopic (exact) mass is 363 g/mol. The van der Waals surface area contributed by atoms with E-state index in [1.807, 2.05) is 0 Å². The average Bonchev–Trinajstić information content (AvgIpc) is 3.08. The lowest BCUT2D eigenvalue weighted by atomic mass is 10.1. The molecule has 27 heavy (non-hydrogen) atoms. The van der Waals surface area contributed by atoms with E-state index in [0.717, 1.165) is 4.90 Å². The Hall–Kier alpha value is -3.32. The van der Waals surface area contributed by atoms with Crippen molar-refractivity contribution in [2.24, 2.45) is 0 Å². The molecule has 1 N–H and O–H groups in total. The second kappa shape index (κ2) is 6.44. The summed E-state index contributed by atoms with van der Waals surface area (Å²) in [7, 11) is 0. The highest BCUT2D eigenvalue weighted by atomic mass is 16.2. The Morgan fingerprint density at radius 2 is 1.15 bits per heavy atom. The molecule has 0 saturated heterocycles. The molecule has 2 aliphatic heterocycles. The summed E-state index contributed by atoms with van der Waals surface area (Å²) in [5.74, 6) is -1.36. The molecule has 0 saturated carbocycles. The zero-order chi connectivity index (χ0) is 19.1. The summed E-state index contributed by atoms with van der Waals surface area (Å²) in [6, 6.07) is 13.4. The SMILES string of the molecule is CC(NCCN1C(=O)c2ccccc2C1=O)N1C(=O)c2ccccc2C1=O. The van der Waals surface area contributed by atoms with Crippen molar-refractivity contribution < 1.29 is 19.2 Å². The summed E-state index contributed by atoms with van der Waals surface area (Å²) in [6.45, 7) is 2.12. The molecular weight excluding hydrogens is 346 g/mol. The Morgan fingerprint density at radius 3 is 1.59 bits per heavy atom. The molecule has 2 aromatic carbocycles. The summed E-state index contributed by atoms with van der Waals surface area (Å²) in [5.41, 5.74) is 1.57. The minimum atomic E-state index is -0.562. The number of carbonyl (C=O) groups is 4. The minimum Gasteiger partial charge on any atom is -0.295 e. The van der Waals surface area contributed by atoms with Crippen molar-refractivity contribution in [3.8, 4) is 0 Å². The third-order valence-electron chi connectivity index (χ3n) is 4.87. The molecule has 4 amide bonds. The molecule has 0 bridgehead atoms. The molecule has 2 heterocycles. The van der Waals surface area contributed by atoms with Gasteiger partial charge >= 0.3 is 0 Å². The topological polar surface area (TPSA) is 86.8 Å². The van der Waals surface area contributed by atoms with Crippen LogP contribution < -0.4 is 5.32 Å². The van der Waals surface area contributed by atoms with Gasteiger partial charge in [-0.2, -0.15) is 0 Å². The zero-order valence-electron chi connectivity index (χ0n) is 14.6. The van der Waals surface area contributed by atoms with Crippen molar-refractivity contribution in [3.63, 3.8) is 0 Å². The molecule has 136 valence electrons. The standard InChI is InChI=1S/C20H17N3O4/c1-12(23-19(26)15-8-4-5-9-16(15)20(23)27)21-10-11-22-17(24)13-6-2-3-7-14(13)18(22)25/h2-9,12,21H,10-11H2,1H3. The maximum atomic E-state index is 12.5. The highest BCUT2D eigenvalue weighted by Gasteiger charge is 2.38. The fourth-order valence-electron chi connectivity index (χ4n) is 3.48. The normalized spacial score (nSPS) is 16.8. The average molecular weight is 363 g/mol. The van der Waals surface area contributed by atoms with Crippen LogP contribution in [0, 0.1) is 0 Å². The van der Waals surface area contributed by atoms with Gasteiger partial charge in [0.1, 0.15) is 0 Å². The molecule has 1 unspecified atom stereocenters. The number of benzene rings is 2. The van der Waals surface area contributed by atoms with Gasteiger partial charge in [0, 0.05) is 13.1 Å². The van der Waals surface area contributed by atoms with Crippen molar-refractivity contribution in [2.45, 2.75) is 13.1 Å². The van der Waals surface area contributed by atoms with Crippen LogP contribution in [0.15, 0.2) is 48.5 Å². The van der Waals surface area contributed by atoms with Crippen LogP contribution in [0.5, 0.6) is 0 Å². The van der Waals surface area contributed by atoms with Gasteiger partial charge in [-0.25, -0.2) is 0 Å². The summed E-state index contributed by atoms with van der Waals surface area (Å²) in [6.07, 6.45) is -0.562. The summed E-state index contributed by atoms with van der Waals surface area (Å²) >= 11 is 0. The van der Waals surface area contributed by atoms with E-state index < -0.39 is 6.17 Å². The molecule has 4 rings (SSSR count). The molecular formula is C20H17N3O4. The predicted octanol–water partition coefficient (Wildman–Crippen LogP) is 1.51. The van der Waals surface area contributed by atoms with Crippen LogP contribution in [0.3, 0.4) is 0 Å². The quantitative estimate of drug-likeness (QED) is 0.814. The predicted molar refractivity (Wildman–Crippen MR) is 96.2 cm³/mol. The number of amides is 4. The van der Waals surface area contributed by atoms with Gasteiger partial charge in [0.15, 0.2) is 0 Å². The minimum absolute atomic E-state index is 0.153. The number of nitrogens with one attached hydrogen (secondary N) is 1. The van der Waals surface area contributed by atoms with E-state index in [1.165, 1.54) is 4.90 Å². The fraction of sp³-hybridized carbons (Fsp3) is 0.200. The molecule has 0 aliphatic carbocycles. The van der Waals surface area contributed by atoms with Crippen LogP contribution in [0.25, 0.3) is 0 Å². The van der Waals surface area contributed by atoms with Crippen molar-refractivity contribution in [2.75, 3.05) is 13.1 Å². The molecule has 7 nitrogen and oxygen atoms in total. The highest BCUT2D eigenvalue weighted by Crippen LogP contribution is 2.24. The van der Waals surface area contributed by atoms with Crippen LogP contribution in [0.4, 0.5) is 0 Å². The van der Waals surface area contributed by atoms with Crippen LogP contribution in [0.2, 0.25) is 0 Å². The molecule has 0 spiro atoms. The smallest absolute Gasteiger partial charge is 0.262 e. The summed E-state index contributed by atoms with van der Waals surface area (Å²) < 4.78 is 0. The lowest BCUT2D eigenvalue weighted by Gasteiger charge is -2.24. The second-order valence-electron chi connectivity index (χ2n) is 6.46. The lowest BCUT2D eigenvalue weighted by molar-refractivity contribution is 0.0548. The van der Waals surface area contributed by atoms with E-state index in [9.17, 15) is 19.2 Å². The van der Waals surface area contributed by atoms with Gasteiger partial charge in [-0.05, 0) is 31.2 Å². The van der Waals surface area contributed by atoms with E-state index in [1.54, 1.807) is 55.5 Å². The maximum absolute atomic E-state index is 12.5. The van der Waals surface area contributed by atoms with Crippen LogP contribution in [-0.2, 0) is 0 Å². The van der Waals surface area contributed by atoms with E-state index in [2.05, 4.69) is 5.32 Å². The molecule has 1 atom stereocenters. The van der Waals surface area contributed by atoms with Crippen LogP contribution in [-0.4, -0.2) is 52.7 Å². The van der Waals surface area contributed by atoms with Crippen molar-refractivity contribution in [1.29, 1.82) is 0 Å². The Balaban J connectivity index is 1.39. The molecule has 0 radical (unpaired) electrons. The Morgan fingerprint density at radius 1 is 0.741 bits per heavy atom. The molecule has 2 aliphatic rings. The maximum Gasteiger partial charge on any atom is 0.262 e. The van der Waals surface area contributed by atoms with Gasteiger partial charge in [0.25, 0.3) is 23.6 Å². The lowest BCUT2D eigenvalue weighted by Crippen LogP contribution is -2.49. The van der Waals surface area contributed by atoms with Gasteiger partial charge in [-0.3, -0.25) is 34.3 Å². The largest absolute Gasteiger partial charge is 0.295 e. The first-order valence-electron chi connectivity index (χ1n) is 8.66. The van der Waals surface area contributed by atoms with Crippen LogP contribution >= 0.6 is 0 Å². The first kappa shape index (κ1) is 17.1. The second-order valence-corrected chi connectivity index (χ2v) is 6.46. The van der Waals surface area contributed by atoms with Gasteiger partial charge in [-0.1, -0.05) is 24.3 Å². The third-order valence-corrected chi connectivity index (χ3v) is 4.87. The molecule has 0 fully saturated rings. The van der Waals surface area contributed by atoms with E-state index in [-0.39, 0.29) is 36.7 Å². The van der Waals surface area contributed by atoms with Gasteiger partial charge in [0.05, 0.1) is 28.4 Å². The molecule has 7 heteroatoms. The molecule has 0 aromatic heterocycles.